The summed E-state index contributed by atoms with van der Waals surface area (Å²) in [5.41, 5.74) is 5.99. The monoisotopic (exact) mass is 626 g/mol. The third kappa shape index (κ3) is 8.17. The van der Waals surface area contributed by atoms with Gasteiger partial charge in [0.2, 0.25) is 11.8 Å². The van der Waals surface area contributed by atoms with E-state index < -0.39 is 65.7 Å². The largest absolute Gasteiger partial charge is 0.508 e. The number of amides is 3. The molecule has 2 aliphatic heterocycles. The molecule has 7 atom stereocenters. The van der Waals surface area contributed by atoms with E-state index in [1.807, 2.05) is 44.2 Å². The van der Waals surface area contributed by atoms with Crippen molar-refractivity contribution in [2.24, 2.45) is 11.7 Å². The smallest absolute Gasteiger partial charge is 0.328 e. The van der Waals surface area contributed by atoms with Crippen molar-refractivity contribution in [2.45, 2.75) is 75.1 Å². The van der Waals surface area contributed by atoms with Crippen LogP contribution in [0.15, 0.2) is 54.6 Å². The van der Waals surface area contributed by atoms with Crippen molar-refractivity contribution in [3.8, 4) is 5.75 Å². The number of fused-ring (bicyclic) bond motifs is 1. The number of carbonyl (C=O) groups is 4. The highest BCUT2D eigenvalue weighted by Crippen LogP contribution is 2.41. The molecule has 2 aliphatic rings. The van der Waals surface area contributed by atoms with Crippen molar-refractivity contribution < 1.29 is 43.6 Å². The van der Waals surface area contributed by atoms with Gasteiger partial charge in [0.05, 0.1) is 19.8 Å². The van der Waals surface area contributed by atoms with Crippen LogP contribution in [-0.2, 0) is 46.2 Å². The zero-order valence-corrected chi connectivity index (χ0v) is 25.6. The maximum Gasteiger partial charge on any atom is 0.328 e. The van der Waals surface area contributed by atoms with Crippen LogP contribution in [0, 0.1) is 5.92 Å². The molecule has 3 amide bonds. The Morgan fingerprint density at radius 2 is 1.64 bits per heavy atom. The second-order valence-electron chi connectivity index (χ2n) is 11.9. The lowest BCUT2D eigenvalue weighted by Crippen LogP contribution is -2.68. The summed E-state index contributed by atoms with van der Waals surface area (Å²) in [7, 11) is 1.24. The fraction of sp³-hybridized carbons (Fsp3) is 0.500. The number of carbonyl (C=O) groups excluding carboxylic acids is 4. The molecule has 0 aliphatic carbocycles. The topological polar surface area (TPSA) is 199 Å². The van der Waals surface area contributed by atoms with Crippen molar-refractivity contribution >= 4 is 23.7 Å². The minimum atomic E-state index is -1.59. The van der Waals surface area contributed by atoms with Gasteiger partial charge in [-0.1, -0.05) is 56.3 Å². The van der Waals surface area contributed by atoms with Crippen molar-refractivity contribution in [1.82, 2.24) is 16.0 Å². The maximum absolute atomic E-state index is 13.7. The van der Waals surface area contributed by atoms with Crippen molar-refractivity contribution in [3.63, 3.8) is 0 Å². The first-order valence-corrected chi connectivity index (χ1v) is 14.9. The van der Waals surface area contributed by atoms with Gasteiger partial charge >= 0.3 is 5.97 Å². The SMILES string of the molecule is COC(=O)[C@H](CC(C)C)NC(=O)[C@H](Cc1ccccc1)NC(=O)[C@]12CO[C@H]1[C@@H](O)[C@H](CNC(=O)[C@@H](N)Cc1ccc(O)cc1)O2. The normalized spacial score (nSPS) is 24.0. The first kappa shape index (κ1) is 33.8. The lowest BCUT2D eigenvalue weighted by molar-refractivity contribution is -0.224. The van der Waals surface area contributed by atoms with Crippen LogP contribution in [0.3, 0.4) is 0 Å². The third-order valence-electron chi connectivity index (χ3n) is 7.99. The average Bonchev–Trinajstić information content (AvgIpc) is 3.19. The zero-order valence-electron chi connectivity index (χ0n) is 25.6. The fourth-order valence-corrected chi connectivity index (χ4v) is 5.50. The van der Waals surface area contributed by atoms with E-state index in [0.29, 0.717) is 6.42 Å². The molecule has 2 fully saturated rings. The summed E-state index contributed by atoms with van der Waals surface area (Å²) < 4.78 is 16.4. The number of nitrogens with one attached hydrogen (secondary N) is 3. The third-order valence-corrected chi connectivity index (χ3v) is 7.99. The van der Waals surface area contributed by atoms with Gasteiger partial charge in [-0.15, -0.1) is 0 Å². The Kier molecular flexibility index (Phi) is 11.2. The molecule has 2 aromatic carbocycles. The Hall–Kier alpha value is -4.04. The predicted molar refractivity (Wildman–Crippen MR) is 162 cm³/mol. The minimum absolute atomic E-state index is 0.0801. The summed E-state index contributed by atoms with van der Waals surface area (Å²) in [5, 5.41) is 28.5. The molecule has 13 heteroatoms. The Morgan fingerprint density at radius 1 is 0.978 bits per heavy atom. The molecule has 7 N–H and O–H groups in total. The molecule has 0 saturated carbocycles. The highest BCUT2D eigenvalue weighted by atomic mass is 16.6. The molecular formula is C32H42N4O9. The second-order valence-corrected chi connectivity index (χ2v) is 11.9. The van der Waals surface area contributed by atoms with Gasteiger partial charge in [-0.3, -0.25) is 14.4 Å². The van der Waals surface area contributed by atoms with E-state index in [2.05, 4.69) is 16.0 Å². The van der Waals surface area contributed by atoms with Crippen molar-refractivity contribution in [1.29, 1.82) is 0 Å². The molecule has 0 spiro atoms. The van der Waals surface area contributed by atoms with Gasteiger partial charge in [-0.05, 0) is 42.0 Å². The van der Waals surface area contributed by atoms with Crippen LogP contribution in [0.5, 0.6) is 5.75 Å². The first-order valence-electron chi connectivity index (χ1n) is 14.9. The Balaban J connectivity index is 1.42. The molecule has 0 radical (unpaired) electrons. The van der Waals surface area contributed by atoms with Crippen molar-refractivity contribution in [3.05, 3.63) is 65.7 Å². The number of esters is 1. The summed E-state index contributed by atoms with van der Waals surface area (Å²) in [5.74, 6) is -2.15. The van der Waals surface area contributed by atoms with Crippen LogP contribution in [0.25, 0.3) is 0 Å². The lowest BCUT2D eigenvalue weighted by atomic mass is 9.88. The Labute approximate surface area is 261 Å². The van der Waals surface area contributed by atoms with E-state index in [-0.39, 0.29) is 37.7 Å². The van der Waals surface area contributed by atoms with Gasteiger partial charge in [0.15, 0.2) is 5.60 Å². The standard InChI is InChI=1S/C32H42N4O9/c1-18(2)13-24(30(41)43-3)35-29(40)23(15-19-7-5-4-6-8-19)36-31(42)32-17-44-27(32)26(38)25(45-32)16-34-28(39)22(33)14-20-9-11-21(37)12-10-20/h4-12,18,22-27,37-38H,13-17,33H2,1-3H3,(H,34,39)(H,35,40)(H,36,42)/t22-,23-,24-,25-,26-,27-,32-/m0/s1. The highest BCUT2D eigenvalue weighted by molar-refractivity contribution is 5.94. The van der Waals surface area contributed by atoms with Gasteiger partial charge in [-0.25, -0.2) is 4.79 Å². The quantitative estimate of drug-likeness (QED) is 0.152. The van der Waals surface area contributed by atoms with E-state index in [0.717, 1.165) is 11.1 Å². The number of hydrogen-bond acceptors (Lipinski definition) is 10. The van der Waals surface area contributed by atoms with Gasteiger partial charge in [0.25, 0.3) is 5.91 Å². The van der Waals surface area contributed by atoms with Crippen LogP contribution in [0.1, 0.15) is 31.4 Å². The Bertz CT molecular complexity index is 1340. The molecule has 4 rings (SSSR count). The molecule has 45 heavy (non-hydrogen) atoms. The first-order chi connectivity index (χ1) is 21.4. The number of hydrogen-bond donors (Lipinski definition) is 6. The number of nitrogens with two attached hydrogens (primary N) is 1. The molecule has 0 bridgehead atoms. The minimum Gasteiger partial charge on any atom is -0.508 e. The van der Waals surface area contributed by atoms with Gasteiger partial charge in [0.1, 0.15) is 36.1 Å². The van der Waals surface area contributed by atoms with E-state index in [1.165, 1.54) is 19.2 Å². The molecule has 0 unspecified atom stereocenters. The summed E-state index contributed by atoms with van der Waals surface area (Å²) >= 11 is 0. The summed E-state index contributed by atoms with van der Waals surface area (Å²) in [4.78, 5) is 52.3. The highest BCUT2D eigenvalue weighted by Gasteiger charge is 2.66. The van der Waals surface area contributed by atoms with Gasteiger partial charge < -0.3 is 46.1 Å². The molecule has 0 aromatic heterocycles. The van der Waals surface area contributed by atoms with Crippen LogP contribution in [0.2, 0.25) is 0 Å². The number of ether oxygens (including phenoxy) is 3. The number of phenolic OH excluding ortho intramolecular Hbond substituents is 1. The van der Waals surface area contributed by atoms with E-state index >= 15 is 0 Å². The van der Waals surface area contributed by atoms with Crippen molar-refractivity contribution in [2.75, 3.05) is 20.3 Å². The summed E-state index contributed by atoms with van der Waals surface area (Å²) in [6.07, 6.45) is -2.56. The molecule has 2 saturated heterocycles. The maximum atomic E-state index is 13.7. The van der Waals surface area contributed by atoms with E-state index in [9.17, 15) is 29.4 Å². The van der Waals surface area contributed by atoms with Gasteiger partial charge in [0, 0.05) is 13.0 Å². The number of aromatic hydroxyl groups is 1. The number of aliphatic hydroxyl groups excluding tert-OH is 1. The van der Waals surface area contributed by atoms with Crippen LogP contribution < -0.4 is 21.7 Å². The molecular weight excluding hydrogens is 584 g/mol. The zero-order chi connectivity index (χ0) is 32.7. The van der Waals surface area contributed by atoms with Crippen LogP contribution >= 0.6 is 0 Å². The number of phenols is 1. The van der Waals surface area contributed by atoms with Crippen LogP contribution in [-0.4, -0.2) is 96.2 Å². The summed E-state index contributed by atoms with van der Waals surface area (Å²) in [6, 6.07) is 12.5. The van der Waals surface area contributed by atoms with Gasteiger partial charge in [-0.2, -0.15) is 0 Å². The predicted octanol–water partition coefficient (Wildman–Crippen LogP) is -0.293. The number of rotatable bonds is 14. The molecule has 13 nitrogen and oxygen atoms in total. The number of benzene rings is 2. The molecule has 2 aromatic rings. The molecule has 244 valence electrons. The van der Waals surface area contributed by atoms with Crippen LogP contribution in [0.4, 0.5) is 0 Å². The molecule has 2 heterocycles. The Morgan fingerprint density at radius 3 is 2.24 bits per heavy atom. The fourth-order valence-electron chi connectivity index (χ4n) is 5.50. The number of aliphatic hydroxyl groups is 1. The van der Waals surface area contributed by atoms with E-state index in [4.69, 9.17) is 19.9 Å². The lowest BCUT2D eigenvalue weighted by Gasteiger charge is -2.42. The van der Waals surface area contributed by atoms with E-state index in [1.54, 1.807) is 12.1 Å². The second kappa shape index (κ2) is 14.8. The summed E-state index contributed by atoms with van der Waals surface area (Å²) in [6.45, 7) is 3.52. The average molecular weight is 627 g/mol. The number of methoxy groups -OCH3 is 1.